The molecule has 2 N–H and O–H groups in total. The molecule has 0 radical (unpaired) electrons. The summed E-state index contributed by atoms with van der Waals surface area (Å²) in [6.45, 7) is 9.28. The van der Waals surface area contributed by atoms with E-state index >= 15 is 0 Å². The first-order valence-corrected chi connectivity index (χ1v) is 6.85. The summed E-state index contributed by atoms with van der Waals surface area (Å²) in [5.74, 6) is 0.914. The largest absolute Gasteiger partial charge is 0.353 e. The molecule has 2 fully saturated rings. The third-order valence-electron chi connectivity index (χ3n) is 3.99. The van der Waals surface area contributed by atoms with Crippen molar-refractivity contribution in [2.45, 2.75) is 51.7 Å². The van der Waals surface area contributed by atoms with Gasteiger partial charge in [-0.1, -0.05) is 0 Å². The third kappa shape index (κ3) is 2.99. The van der Waals surface area contributed by atoms with Crippen LogP contribution in [0.15, 0.2) is 0 Å². The van der Waals surface area contributed by atoms with Crippen molar-refractivity contribution in [1.29, 1.82) is 0 Å². The Balaban J connectivity index is 1.88. The molecule has 1 amide bonds. The zero-order valence-electron chi connectivity index (χ0n) is 11.2. The summed E-state index contributed by atoms with van der Waals surface area (Å²) in [5, 5.41) is 6.57. The number of rotatable bonds is 3. The summed E-state index contributed by atoms with van der Waals surface area (Å²) in [7, 11) is 0. The molecule has 0 aromatic heterocycles. The molecule has 0 saturated carbocycles. The number of likely N-dealkylation sites (tertiary alicyclic amines) is 1. The first-order chi connectivity index (χ1) is 8.08. The third-order valence-corrected chi connectivity index (χ3v) is 3.99. The molecule has 4 heteroatoms. The van der Waals surface area contributed by atoms with E-state index in [1.165, 1.54) is 12.8 Å². The lowest BCUT2D eigenvalue weighted by atomic mass is 9.94. The van der Waals surface area contributed by atoms with Gasteiger partial charge in [0, 0.05) is 25.2 Å². The van der Waals surface area contributed by atoms with Gasteiger partial charge < -0.3 is 10.6 Å². The Kier molecular flexibility index (Phi) is 4.05. The van der Waals surface area contributed by atoms with Gasteiger partial charge in [0.15, 0.2) is 0 Å². The second-order valence-corrected chi connectivity index (χ2v) is 5.76. The normalized spacial score (nSPS) is 31.3. The Morgan fingerprint density at radius 2 is 2.12 bits per heavy atom. The fourth-order valence-corrected chi connectivity index (χ4v) is 2.97. The number of carbonyl (C=O) groups is 1. The Bertz CT molecular complexity index is 266. The number of nitrogens with zero attached hydrogens (tertiary/aromatic N) is 1. The lowest BCUT2D eigenvalue weighted by Crippen LogP contribution is -2.47. The van der Waals surface area contributed by atoms with Crippen LogP contribution in [0.5, 0.6) is 0 Å². The quantitative estimate of drug-likeness (QED) is 0.757. The molecular weight excluding hydrogens is 214 g/mol. The highest BCUT2D eigenvalue weighted by molar-refractivity contribution is 5.81. The molecule has 2 aliphatic rings. The Hall–Kier alpha value is -0.610. The maximum absolute atomic E-state index is 12.0. The molecule has 0 aromatic rings. The molecule has 2 aliphatic heterocycles. The molecule has 0 spiro atoms. The van der Waals surface area contributed by atoms with E-state index in [1.54, 1.807) is 0 Å². The molecule has 17 heavy (non-hydrogen) atoms. The average molecular weight is 239 g/mol. The lowest BCUT2D eigenvalue weighted by molar-refractivity contribution is -0.126. The number of carbonyl (C=O) groups excluding carboxylic acids is 1. The summed E-state index contributed by atoms with van der Waals surface area (Å²) in [4.78, 5) is 14.3. The lowest BCUT2D eigenvalue weighted by Gasteiger charge is -2.25. The van der Waals surface area contributed by atoms with Crippen LogP contribution >= 0.6 is 0 Å². The van der Waals surface area contributed by atoms with Crippen LogP contribution in [0.25, 0.3) is 0 Å². The Morgan fingerprint density at radius 3 is 2.76 bits per heavy atom. The van der Waals surface area contributed by atoms with Crippen LogP contribution < -0.4 is 10.6 Å². The fraction of sp³-hybridized carbons (Fsp3) is 0.923. The highest BCUT2D eigenvalue weighted by Crippen LogP contribution is 2.26. The van der Waals surface area contributed by atoms with Crippen LogP contribution in [0.4, 0.5) is 0 Å². The number of hydrogen-bond donors (Lipinski definition) is 2. The van der Waals surface area contributed by atoms with Crippen molar-refractivity contribution in [3.63, 3.8) is 0 Å². The number of piperidine rings is 1. The molecular formula is C13H25N3O. The van der Waals surface area contributed by atoms with Crippen molar-refractivity contribution in [3.8, 4) is 0 Å². The summed E-state index contributed by atoms with van der Waals surface area (Å²) in [5.41, 5.74) is 0. The van der Waals surface area contributed by atoms with E-state index in [4.69, 9.17) is 0 Å². The van der Waals surface area contributed by atoms with Gasteiger partial charge in [-0.25, -0.2) is 0 Å². The highest BCUT2D eigenvalue weighted by atomic mass is 16.2. The zero-order chi connectivity index (χ0) is 12.4. The van der Waals surface area contributed by atoms with E-state index in [0.29, 0.717) is 6.04 Å². The number of amides is 1. The van der Waals surface area contributed by atoms with Crippen LogP contribution in [0.1, 0.15) is 33.6 Å². The monoisotopic (exact) mass is 239 g/mol. The Morgan fingerprint density at radius 1 is 1.35 bits per heavy atom. The SMILES string of the molecule is CC(C)NC(=O)C(C)N1C[C@@H]2CCCN[C@@H]2C1. The molecule has 1 unspecified atom stereocenters. The number of nitrogens with one attached hydrogen (secondary N) is 2. The van der Waals surface area contributed by atoms with E-state index in [1.807, 2.05) is 20.8 Å². The minimum Gasteiger partial charge on any atom is -0.353 e. The van der Waals surface area contributed by atoms with E-state index in [9.17, 15) is 4.79 Å². The summed E-state index contributed by atoms with van der Waals surface area (Å²) in [6, 6.07) is 0.843. The molecule has 2 saturated heterocycles. The number of fused-ring (bicyclic) bond motifs is 1. The van der Waals surface area contributed by atoms with Crippen molar-refractivity contribution in [3.05, 3.63) is 0 Å². The van der Waals surface area contributed by atoms with Crippen molar-refractivity contribution in [1.82, 2.24) is 15.5 Å². The molecule has 2 heterocycles. The van der Waals surface area contributed by atoms with Crippen molar-refractivity contribution in [2.75, 3.05) is 19.6 Å². The summed E-state index contributed by atoms with van der Waals surface area (Å²) < 4.78 is 0. The summed E-state index contributed by atoms with van der Waals surface area (Å²) in [6.07, 6.45) is 2.59. The van der Waals surface area contributed by atoms with Crippen LogP contribution in [0, 0.1) is 5.92 Å². The predicted octanol–water partition coefficient (Wildman–Crippen LogP) is 0.583. The minimum atomic E-state index is 0.00444. The van der Waals surface area contributed by atoms with Crippen LogP contribution in [-0.4, -0.2) is 48.6 Å². The standard InChI is InChI=1S/C13H25N3O/c1-9(2)15-13(17)10(3)16-7-11-5-4-6-14-12(11)8-16/h9-12,14H,4-8H2,1-3H3,(H,15,17)/t10?,11-,12+/m0/s1. The first kappa shape index (κ1) is 12.8. The summed E-state index contributed by atoms with van der Waals surface area (Å²) >= 11 is 0. The maximum Gasteiger partial charge on any atom is 0.237 e. The molecule has 0 bridgehead atoms. The molecule has 0 aliphatic carbocycles. The van der Waals surface area contributed by atoms with Gasteiger partial charge in [0.2, 0.25) is 5.91 Å². The Labute approximate surface area is 104 Å². The maximum atomic E-state index is 12.0. The van der Waals surface area contributed by atoms with Crippen molar-refractivity contribution < 1.29 is 4.79 Å². The van der Waals surface area contributed by atoms with E-state index < -0.39 is 0 Å². The van der Waals surface area contributed by atoms with Crippen LogP contribution in [-0.2, 0) is 4.79 Å². The molecule has 4 nitrogen and oxygen atoms in total. The second-order valence-electron chi connectivity index (χ2n) is 5.76. The van der Waals surface area contributed by atoms with Crippen molar-refractivity contribution >= 4 is 5.91 Å². The molecule has 2 rings (SSSR count). The predicted molar refractivity (Wildman–Crippen MR) is 68.8 cm³/mol. The highest BCUT2D eigenvalue weighted by Gasteiger charge is 2.37. The van der Waals surface area contributed by atoms with Gasteiger partial charge in [0.05, 0.1) is 6.04 Å². The fourth-order valence-electron chi connectivity index (χ4n) is 2.97. The molecule has 0 aromatic carbocycles. The van der Waals surface area contributed by atoms with E-state index in [0.717, 1.165) is 25.6 Å². The molecule has 3 atom stereocenters. The van der Waals surface area contributed by atoms with Crippen molar-refractivity contribution in [2.24, 2.45) is 5.92 Å². The van der Waals surface area contributed by atoms with Gasteiger partial charge in [0.1, 0.15) is 0 Å². The second kappa shape index (κ2) is 5.36. The van der Waals surface area contributed by atoms with E-state index in [-0.39, 0.29) is 18.0 Å². The zero-order valence-corrected chi connectivity index (χ0v) is 11.2. The van der Waals surface area contributed by atoms with Gasteiger partial charge >= 0.3 is 0 Å². The van der Waals surface area contributed by atoms with Crippen LogP contribution in [0.3, 0.4) is 0 Å². The van der Waals surface area contributed by atoms with Crippen LogP contribution in [0.2, 0.25) is 0 Å². The smallest absolute Gasteiger partial charge is 0.237 e. The average Bonchev–Trinajstić information content (AvgIpc) is 2.70. The first-order valence-electron chi connectivity index (χ1n) is 6.85. The number of hydrogen-bond acceptors (Lipinski definition) is 3. The van der Waals surface area contributed by atoms with Gasteiger partial charge in [-0.3, -0.25) is 9.69 Å². The van der Waals surface area contributed by atoms with Gasteiger partial charge in [-0.15, -0.1) is 0 Å². The topological polar surface area (TPSA) is 44.4 Å². The van der Waals surface area contributed by atoms with Gasteiger partial charge in [-0.05, 0) is 46.1 Å². The van der Waals surface area contributed by atoms with Gasteiger partial charge in [0.25, 0.3) is 0 Å². The minimum absolute atomic E-state index is 0.00444. The molecule has 98 valence electrons. The van der Waals surface area contributed by atoms with Gasteiger partial charge in [-0.2, -0.15) is 0 Å². The van der Waals surface area contributed by atoms with E-state index in [2.05, 4.69) is 15.5 Å².